The van der Waals surface area contributed by atoms with Gasteiger partial charge in [-0.1, -0.05) is 13.8 Å². The summed E-state index contributed by atoms with van der Waals surface area (Å²) in [4.78, 5) is 12.8. The molecule has 0 radical (unpaired) electrons. The van der Waals surface area contributed by atoms with Crippen molar-refractivity contribution in [1.82, 2.24) is 4.90 Å². The SMILES string of the molecule is CCC(CSC)N(C)CC(C)C(=O)O. The maximum absolute atomic E-state index is 10.7. The highest BCUT2D eigenvalue weighted by Gasteiger charge is 2.18. The molecule has 0 aromatic heterocycles. The average molecular weight is 219 g/mol. The Kier molecular flexibility index (Phi) is 7.01. The zero-order chi connectivity index (χ0) is 11.1. The molecule has 14 heavy (non-hydrogen) atoms. The Morgan fingerprint density at radius 1 is 1.57 bits per heavy atom. The van der Waals surface area contributed by atoms with E-state index in [2.05, 4.69) is 18.1 Å². The molecular formula is C10H21NO2S. The summed E-state index contributed by atoms with van der Waals surface area (Å²) in [5, 5.41) is 8.78. The summed E-state index contributed by atoms with van der Waals surface area (Å²) in [6.07, 6.45) is 3.15. The minimum atomic E-state index is -0.712. The van der Waals surface area contributed by atoms with E-state index in [-0.39, 0.29) is 5.92 Å². The van der Waals surface area contributed by atoms with Crippen LogP contribution in [0.25, 0.3) is 0 Å². The van der Waals surface area contributed by atoms with E-state index in [1.165, 1.54) is 0 Å². The first-order valence-corrected chi connectivity index (χ1v) is 6.34. The highest BCUT2D eigenvalue weighted by molar-refractivity contribution is 7.98. The van der Waals surface area contributed by atoms with Gasteiger partial charge in [0, 0.05) is 18.3 Å². The van der Waals surface area contributed by atoms with Gasteiger partial charge in [0.25, 0.3) is 0 Å². The van der Waals surface area contributed by atoms with Crippen LogP contribution in [-0.4, -0.2) is 47.6 Å². The maximum Gasteiger partial charge on any atom is 0.307 e. The van der Waals surface area contributed by atoms with Crippen LogP contribution in [-0.2, 0) is 4.79 Å². The largest absolute Gasteiger partial charge is 0.481 e. The van der Waals surface area contributed by atoms with Gasteiger partial charge in [0.15, 0.2) is 0 Å². The lowest BCUT2D eigenvalue weighted by molar-refractivity contribution is -0.141. The molecule has 0 saturated carbocycles. The van der Waals surface area contributed by atoms with E-state index in [1.54, 1.807) is 6.92 Å². The highest BCUT2D eigenvalue weighted by Crippen LogP contribution is 2.10. The molecule has 0 spiro atoms. The third-order valence-electron chi connectivity index (χ3n) is 2.44. The van der Waals surface area contributed by atoms with E-state index in [9.17, 15) is 4.79 Å². The number of rotatable bonds is 7. The number of hydrogen-bond donors (Lipinski definition) is 1. The van der Waals surface area contributed by atoms with Crippen molar-refractivity contribution in [1.29, 1.82) is 0 Å². The van der Waals surface area contributed by atoms with Crippen molar-refractivity contribution >= 4 is 17.7 Å². The van der Waals surface area contributed by atoms with E-state index in [4.69, 9.17) is 5.11 Å². The number of nitrogens with zero attached hydrogens (tertiary/aromatic N) is 1. The highest BCUT2D eigenvalue weighted by atomic mass is 32.2. The molecule has 0 aromatic carbocycles. The molecule has 84 valence electrons. The monoisotopic (exact) mass is 219 g/mol. The number of aliphatic carboxylic acids is 1. The number of thioether (sulfide) groups is 1. The topological polar surface area (TPSA) is 40.5 Å². The van der Waals surface area contributed by atoms with Crippen molar-refractivity contribution in [3.8, 4) is 0 Å². The van der Waals surface area contributed by atoms with Crippen LogP contribution in [0.4, 0.5) is 0 Å². The van der Waals surface area contributed by atoms with Crippen molar-refractivity contribution in [3.05, 3.63) is 0 Å². The van der Waals surface area contributed by atoms with Gasteiger partial charge in [0.1, 0.15) is 0 Å². The summed E-state index contributed by atoms with van der Waals surface area (Å²) in [7, 11) is 2.00. The molecule has 0 amide bonds. The minimum Gasteiger partial charge on any atom is -0.481 e. The van der Waals surface area contributed by atoms with Gasteiger partial charge < -0.3 is 10.0 Å². The van der Waals surface area contributed by atoms with Gasteiger partial charge in [-0.2, -0.15) is 11.8 Å². The number of carboxylic acid groups (broad SMARTS) is 1. The van der Waals surface area contributed by atoms with Crippen LogP contribution < -0.4 is 0 Å². The lowest BCUT2D eigenvalue weighted by Crippen LogP contribution is -2.38. The first kappa shape index (κ1) is 13.8. The van der Waals surface area contributed by atoms with Gasteiger partial charge in [0.2, 0.25) is 0 Å². The Labute approximate surface area is 90.9 Å². The Bertz CT molecular complexity index is 176. The summed E-state index contributed by atoms with van der Waals surface area (Å²) < 4.78 is 0. The van der Waals surface area contributed by atoms with Crippen LogP contribution in [0.15, 0.2) is 0 Å². The molecule has 3 nitrogen and oxygen atoms in total. The predicted octanol–water partition coefficient (Wildman–Crippen LogP) is 1.78. The maximum atomic E-state index is 10.7. The first-order chi connectivity index (χ1) is 6.52. The van der Waals surface area contributed by atoms with E-state index in [1.807, 2.05) is 18.8 Å². The molecule has 0 bridgehead atoms. The van der Waals surface area contributed by atoms with Crippen LogP contribution in [0.3, 0.4) is 0 Å². The molecule has 4 heteroatoms. The second kappa shape index (κ2) is 7.12. The molecule has 0 heterocycles. The molecule has 0 saturated heterocycles. The van der Waals surface area contributed by atoms with Crippen molar-refractivity contribution in [3.63, 3.8) is 0 Å². The number of hydrogen-bond acceptors (Lipinski definition) is 3. The summed E-state index contributed by atoms with van der Waals surface area (Å²) in [6.45, 7) is 4.53. The lowest BCUT2D eigenvalue weighted by Gasteiger charge is -2.27. The average Bonchev–Trinajstić information content (AvgIpc) is 2.13. The third kappa shape index (κ3) is 4.86. The van der Waals surface area contributed by atoms with Gasteiger partial charge in [-0.3, -0.25) is 4.79 Å². The van der Waals surface area contributed by atoms with Gasteiger partial charge in [-0.15, -0.1) is 0 Å². The fraction of sp³-hybridized carbons (Fsp3) is 0.900. The molecule has 1 N–H and O–H groups in total. The van der Waals surface area contributed by atoms with Crippen molar-refractivity contribution in [2.75, 3.05) is 25.6 Å². The standard InChI is InChI=1S/C10H21NO2S/c1-5-9(7-14-4)11(3)6-8(2)10(12)13/h8-9H,5-7H2,1-4H3,(H,12,13). The molecule has 0 aliphatic rings. The number of carbonyl (C=O) groups is 1. The van der Waals surface area contributed by atoms with Gasteiger partial charge in [0.05, 0.1) is 5.92 Å². The molecule has 0 rings (SSSR count). The normalized spacial score (nSPS) is 15.5. The predicted molar refractivity (Wildman–Crippen MR) is 61.9 cm³/mol. The Hall–Kier alpha value is -0.220. The van der Waals surface area contributed by atoms with Crippen molar-refractivity contribution in [2.45, 2.75) is 26.3 Å². The van der Waals surface area contributed by atoms with E-state index < -0.39 is 5.97 Å². The van der Waals surface area contributed by atoms with E-state index in [0.717, 1.165) is 12.2 Å². The van der Waals surface area contributed by atoms with Gasteiger partial charge >= 0.3 is 5.97 Å². The zero-order valence-electron chi connectivity index (χ0n) is 9.49. The summed E-state index contributed by atoms with van der Waals surface area (Å²) >= 11 is 1.81. The molecule has 2 unspecified atom stereocenters. The Morgan fingerprint density at radius 3 is 2.50 bits per heavy atom. The fourth-order valence-electron chi connectivity index (χ4n) is 1.41. The van der Waals surface area contributed by atoms with Gasteiger partial charge in [-0.05, 0) is 19.7 Å². The van der Waals surface area contributed by atoms with Crippen LogP contribution in [0.2, 0.25) is 0 Å². The number of carboxylic acids is 1. The summed E-state index contributed by atoms with van der Waals surface area (Å²) in [6, 6.07) is 0.492. The second-order valence-electron chi connectivity index (χ2n) is 3.70. The van der Waals surface area contributed by atoms with Crippen molar-refractivity contribution < 1.29 is 9.90 Å². The van der Waals surface area contributed by atoms with Crippen molar-refractivity contribution in [2.24, 2.45) is 5.92 Å². The summed E-state index contributed by atoms with van der Waals surface area (Å²) in [5.41, 5.74) is 0. The lowest BCUT2D eigenvalue weighted by atomic mass is 10.1. The van der Waals surface area contributed by atoms with Crippen LogP contribution in [0.1, 0.15) is 20.3 Å². The van der Waals surface area contributed by atoms with Gasteiger partial charge in [-0.25, -0.2) is 0 Å². The Morgan fingerprint density at radius 2 is 2.14 bits per heavy atom. The minimum absolute atomic E-state index is 0.282. The zero-order valence-corrected chi connectivity index (χ0v) is 10.3. The third-order valence-corrected chi connectivity index (χ3v) is 3.16. The van der Waals surface area contributed by atoms with Crippen LogP contribution in [0, 0.1) is 5.92 Å². The molecular weight excluding hydrogens is 198 g/mol. The van der Waals surface area contributed by atoms with Crippen LogP contribution in [0.5, 0.6) is 0 Å². The molecule has 0 fully saturated rings. The molecule has 0 aliphatic heterocycles. The molecule has 0 aromatic rings. The first-order valence-electron chi connectivity index (χ1n) is 4.94. The van der Waals surface area contributed by atoms with E-state index >= 15 is 0 Å². The fourth-order valence-corrected chi connectivity index (χ4v) is 2.28. The quantitative estimate of drug-likeness (QED) is 0.708. The molecule has 2 atom stereocenters. The Balaban J connectivity index is 4.02. The van der Waals surface area contributed by atoms with Crippen LogP contribution >= 0.6 is 11.8 Å². The smallest absolute Gasteiger partial charge is 0.307 e. The van der Waals surface area contributed by atoms with E-state index in [0.29, 0.717) is 12.6 Å². The summed E-state index contributed by atoms with van der Waals surface area (Å²) in [5.74, 6) is 0.0750. The molecule has 0 aliphatic carbocycles. The second-order valence-corrected chi connectivity index (χ2v) is 4.61.